The number of benzene rings is 2. The first kappa shape index (κ1) is 21.0. The van der Waals surface area contributed by atoms with Crippen LogP contribution in [0.3, 0.4) is 0 Å². The molecular weight excluding hydrogens is 423 g/mol. The van der Waals surface area contributed by atoms with Crippen molar-refractivity contribution in [3.8, 4) is 11.4 Å². The molecule has 1 saturated heterocycles. The number of nitrogens with one attached hydrogen (secondary N) is 1. The molecule has 1 aromatic heterocycles. The number of aromatic nitrogens is 2. The van der Waals surface area contributed by atoms with Crippen molar-refractivity contribution in [1.29, 1.82) is 0 Å². The quantitative estimate of drug-likeness (QED) is 0.649. The van der Waals surface area contributed by atoms with E-state index in [-0.39, 0.29) is 16.6 Å². The fourth-order valence-electron chi connectivity index (χ4n) is 3.89. The van der Waals surface area contributed by atoms with Gasteiger partial charge in [-0.2, -0.15) is 0 Å². The Kier molecular flexibility index (Phi) is 6.20. The second-order valence-corrected chi connectivity index (χ2v) is 8.21. The van der Waals surface area contributed by atoms with Gasteiger partial charge in [-0.25, -0.2) is 4.68 Å². The number of hydrogen-bond donors (Lipinski definition) is 1. The minimum absolute atomic E-state index is 0.204. The van der Waals surface area contributed by atoms with Gasteiger partial charge in [0.2, 0.25) is 0 Å². The van der Waals surface area contributed by atoms with Gasteiger partial charge in [0.05, 0.1) is 18.5 Å². The zero-order valence-corrected chi connectivity index (χ0v) is 18.5. The number of methoxy groups -OCH3 is 1. The molecule has 1 aliphatic rings. The van der Waals surface area contributed by atoms with E-state index < -0.39 is 0 Å². The molecule has 1 unspecified atom stereocenters. The first-order valence-electron chi connectivity index (χ1n) is 9.80. The Hall–Kier alpha value is -2.25. The van der Waals surface area contributed by atoms with E-state index in [0.29, 0.717) is 6.54 Å². The van der Waals surface area contributed by atoms with Crippen LogP contribution in [-0.2, 0) is 13.6 Å². The molecule has 1 aliphatic heterocycles. The Labute approximate surface area is 185 Å². The van der Waals surface area contributed by atoms with Crippen LogP contribution in [0.15, 0.2) is 53.3 Å². The van der Waals surface area contributed by atoms with Crippen molar-refractivity contribution >= 4 is 23.2 Å². The number of nitrogens with zero attached hydrogens (tertiary/aromatic N) is 3. The van der Waals surface area contributed by atoms with E-state index in [0.717, 1.165) is 41.8 Å². The van der Waals surface area contributed by atoms with Crippen LogP contribution in [0.4, 0.5) is 0 Å². The predicted octanol–water partition coefficient (Wildman–Crippen LogP) is 3.64. The number of piperazine rings is 1. The van der Waals surface area contributed by atoms with Gasteiger partial charge in [0, 0.05) is 44.3 Å². The average Bonchev–Trinajstić information content (AvgIpc) is 2.98. The molecule has 1 N–H and O–H groups in total. The number of rotatable bonds is 5. The van der Waals surface area contributed by atoms with Gasteiger partial charge in [-0.05, 0) is 42.0 Å². The summed E-state index contributed by atoms with van der Waals surface area (Å²) in [5.41, 5.74) is 2.52. The summed E-state index contributed by atoms with van der Waals surface area (Å²) in [5, 5.41) is 4.54. The average molecular weight is 447 g/mol. The molecule has 2 heterocycles. The Bertz CT molecular complexity index is 1070. The molecule has 30 heavy (non-hydrogen) atoms. The minimum atomic E-state index is -0.219. The number of hydrogen-bond acceptors (Lipinski definition) is 4. The van der Waals surface area contributed by atoms with Crippen LogP contribution in [0.2, 0.25) is 10.0 Å². The molecule has 1 atom stereocenters. The van der Waals surface area contributed by atoms with Crippen molar-refractivity contribution < 1.29 is 4.74 Å². The Morgan fingerprint density at radius 3 is 2.47 bits per heavy atom. The zero-order valence-electron chi connectivity index (χ0n) is 16.9. The van der Waals surface area contributed by atoms with Crippen LogP contribution in [0.5, 0.6) is 5.75 Å². The molecule has 1 fully saturated rings. The van der Waals surface area contributed by atoms with E-state index in [1.165, 1.54) is 5.56 Å². The third-order valence-corrected chi connectivity index (χ3v) is 6.18. The molecule has 0 amide bonds. The SMILES string of the molecule is COc1ccc(-n2c(=O)c(Cl)c(CN3CCNC(c4ccc(Cl)cc4)C3)n2C)cc1. The lowest BCUT2D eigenvalue weighted by Gasteiger charge is -2.34. The molecule has 0 spiro atoms. The maximum absolute atomic E-state index is 12.9. The van der Waals surface area contributed by atoms with Crippen molar-refractivity contribution in [3.63, 3.8) is 0 Å². The van der Waals surface area contributed by atoms with Gasteiger partial charge in [0.25, 0.3) is 5.56 Å². The molecular formula is C22H24Cl2N4O2. The molecule has 2 aromatic carbocycles. The highest BCUT2D eigenvalue weighted by atomic mass is 35.5. The lowest BCUT2D eigenvalue weighted by Crippen LogP contribution is -2.45. The maximum Gasteiger partial charge on any atom is 0.290 e. The Balaban J connectivity index is 1.57. The summed E-state index contributed by atoms with van der Waals surface area (Å²) in [6.45, 7) is 3.15. The first-order valence-corrected chi connectivity index (χ1v) is 10.6. The highest BCUT2D eigenvalue weighted by Crippen LogP contribution is 2.23. The van der Waals surface area contributed by atoms with Gasteiger partial charge in [-0.15, -0.1) is 0 Å². The molecule has 0 saturated carbocycles. The summed E-state index contributed by atoms with van der Waals surface area (Å²) in [7, 11) is 3.48. The van der Waals surface area contributed by atoms with Crippen molar-refractivity contribution in [2.75, 3.05) is 26.7 Å². The van der Waals surface area contributed by atoms with Crippen LogP contribution >= 0.6 is 23.2 Å². The van der Waals surface area contributed by atoms with Gasteiger partial charge in [0.15, 0.2) is 0 Å². The van der Waals surface area contributed by atoms with Gasteiger partial charge in [-0.1, -0.05) is 35.3 Å². The van der Waals surface area contributed by atoms with E-state index in [1.807, 2.05) is 60.3 Å². The third-order valence-electron chi connectivity index (χ3n) is 5.55. The Morgan fingerprint density at radius 1 is 1.10 bits per heavy atom. The molecule has 4 rings (SSSR count). The highest BCUT2D eigenvalue weighted by Gasteiger charge is 2.24. The predicted molar refractivity (Wildman–Crippen MR) is 120 cm³/mol. The second-order valence-electron chi connectivity index (χ2n) is 7.39. The highest BCUT2D eigenvalue weighted by molar-refractivity contribution is 6.31. The monoisotopic (exact) mass is 446 g/mol. The fourth-order valence-corrected chi connectivity index (χ4v) is 4.27. The standard InChI is InChI=1S/C22H24Cl2N4O2/c1-26-20(21(24)22(29)28(26)17-7-9-18(30-2)10-8-17)14-27-12-11-25-19(13-27)15-3-5-16(23)6-4-15/h3-10,19,25H,11-14H2,1-2H3. The second kappa shape index (κ2) is 8.86. The maximum atomic E-state index is 12.9. The van der Waals surface area contributed by atoms with E-state index in [4.69, 9.17) is 27.9 Å². The molecule has 3 aromatic rings. The van der Waals surface area contributed by atoms with Crippen LogP contribution in [0.1, 0.15) is 17.3 Å². The van der Waals surface area contributed by atoms with Crippen molar-refractivity contribution in [1.82, 2.24) is 19.6 Å². The molecule has 158 valence electrons. The normalized spacial score (nSPS) is 17.3. The molecule has 6 nitrogen and oxygen atoms in total. The van der Waals surface area contributed by atoms with Gasteiger partial charge in [-0.3, -0.25) is 14.4 Å². The van der Waals surface area contributed by atoms with Gasteiger partial charge in [0.1, 0.15) is 10.8 Å². The molecule has 0 aliphatic carbocycles. The molecule has 0 bridgehead atoms. The summed E-state index contributed by atoms with van der Waals surface area (Å²) < 4.78 is 8.64. The minimum Gasteiger partial charge on any atom is -0.497 e. The summed E-state index contributed by atoms with van der Waals surface area (Å²) in [4.78, 5) is 15.2. The van der Waals surface area contributed by atoms with Crippen LogP contribution in [0.25, 0.3) is 5.69 Å². The first-order chi connectivity index (χ1) is 14.5. The van der Waals surface area contributed by atoms with Crippen LogP contribution < -0.4 is 15.6 Å². The number of ether oxygens (including phenoxy) is 1. The third kappa shape index (κ3) is 4.14. The van der Waals surface area contributed by atoms with Crippen LogP contribution in [-0.4, -0.2) is 41.0 Å². The lowest BCUT2D eigenvalue weighted by atomic mass is 10.0. The van der Waals surface area contributed by atoms with Gasteiger partial charge < -0.3 is 10.1 Å². The summed E-state index contributed by atoms with van der Waals surface area (Å²) in [6.07, 6.45) is 0. The van der Waals surface area contributed by atoms with E-state index in [9.17, 15) is 4.79 Å². The largest absolute Gasteiger partial charge is 0.497 e. The van der Waals surface area contributed by atoms with E-state index >= 15 is 0 Å². The smallest absolute Gasteiger partial charge is 0.290 e. The Morgan fingerprint density at radius 2 is 1.80 bits per heavy atom. The van der Waals surface area contributed by atoms with Crippen molar-refractivity contribution in [3.05, 3.63) is 80.2 Å². The number of halogens is 2. The molecule has 0 radical (unpaired) electrons. The van der Waals surface area contributed by atoms with E-state index in [1.54, 1.807) is 11.8 Å². The fraction of sp³-hybridized carbons (Fsp3) is 0.318. The summed E-state index contributed by atoms with van der Waals surface area (Å²) in [5.74, 6) is 0.737. The lowest BCUT2D eigenvalue weighted by molar-refractivity contribution is 0.189. The van der Waals surface area contributed by atoms with E-state index in [2.05, 4.69) is 10.2 Å². The topological polar surface area (TPSA) is 51.4 Å². The van der Waals surface area contributed by atoms with Crippen LogP contribution in [0, 0.1) is 0 Å². The zero-order chi connectivity index (χ0) is 21.3. The molecule has 8 heteroatoms. The summed E-state index contributed by atoms with van der Waals surface area (Å²) >= 11 is 12.5. The van der Waals surface area contributed by atoms with Crippen molar-refractivity contribution in [2.45, 2.75) is 12.6 Å². The summed E-state index contributed by atoms with van der Waals surface area (Å²) in [6, 6.07) is 15.5. The van der Waals surface area contributed by atoms with Gasteiger partial charge >= 0.3 is 0 Å². The van der Waals surface area contributed by atoms with Crippen molar-refractivity contribution in [2.24, 2.45) is 7.05 Å².